The van der Waals surface area contributed by atoms with Gasteiger partial charge in [-0.05, 0) is 57.2 Å². The number of aliphatic carboxylic acids is 1. The highest BCUT2D eigenvalue weighted by molar-refractivity contribution is 5.81. The van der Waals surface area contributed by atoms with Crippen molar-refractivity contribution >= 4 is 11.9 Å². The van der Waals surface area contributed by atoms with E-state index in [4.69, 9.17) is 0 Å². The molecule has 0 aliphatic carbocycles. The summed E-state index contributed by atoms with van der Waals surface area (Å²) in [5.41, 5.74) is 4.53. The first-order chi connectivity index (χ1) is 10.3. The van der Waals surface area contributed by atoms with Crippen LogP contribution < -0.4 is 0 Å². The van der Waals surface area contributed by atoms with Crippen LogP contribution in [0.25, 0.3) is 0 Å². The first kappa shape index (κ1) is 16.5. The van der Waals surface area contributed by atoms with Crippen molar-refractivity contribution in [1.82, 2.24) is 4.90 Å². The molecule has 22 heavy (non-hydrogen) atoms. The minimum absolute atomic E-state index is 0.0357. The summed E-state index contributed by atoms with van der Waals surface area (Å²) in [7, 11) is 0. The van der Waals surface area contributed by atoms with Crippen molar-refractivity contribution in [3.05, 3.63) is 34.4 Å². The second-order valence-corrected chi connectivity index (χ2v) is 6.56. The molecule has 2 atom stereocenters. The van der Waals surface area contributed by atoms with Crippen LogP contribution in [0.3, 0.4) is 0 Å². The van der Waals surface area contributed by atoms with Crippen molar-refractivity contribution in [3.8, 4) is 0 Å². The summed E-state index contributed by atoms with van der Waals surface area (Å²) in [4.78, 5) is 25.6. The van der Waals surface area contributed by atoms with Crippen LogP contribution in [0.2, 0.25) is 0 Å². The molecule has 1 fully saturated rings. The van der Waals surface area contributed by atoms with E-state index >= 15 is 0 Å². The smallest absolute Gasteiger partial charge is 0.308 e. The Morgan fingerprint density at radius 2 is 1.77 bits per heavy atom. The third-order valence-electron chi connectivity index (χ3n) is 4.72. The van der Waals surface area contributed by atoms with E-state index in [1.165, 1.54) is 5.56 Å². The Morgan fingerprint density at radius 3 is 2.32 bits per heavy atom. The average Bonchev–Trinajstić information content (AvgIpc) is 2.42. The highest BCUT2D eigenvalue weighted by atomic mass is 16.4. The zero-order chi connectivity index (χ0) is 16.4. The number of likely N-dealkylation sites (tertiary alicyclic amines) is 1. The van der Waals surface area contributed by atoms with E-state index in [0.717, 1.165) is 23.1 Å². The van der Waals surface area contributed by atoms with Crippen LogP contribution in [-0.4, -0.2) is 34.5 Å². The van der Waals surface area contributed by atoms with E-state index in [-0.39, 0.29) is 11.9 Å². The summed E-state index contributed by atoms with van der Waals surface area (Å²) in [6.45, 7) is 8.45. The lowest BCUT2D eigenvalue weighted by Crippen LogP contribution is -2.48. The summed E-state index contributed by atoms with van der Waals surface area (Å²) in [5, 5.41) is 9.19. The Kier molecular flexibility index (Phi) is 4.89. The van der Waals surface area contributed by atoms with Gasteiger partial charge >= 0.3 is 5.97 Å². The maximum Gasteiger partial charge on any atom is 0.308 e. The number of aryl methyl sites for hydroxylation is 3. The van der Waals surface area contributed by atoms with E-state index in [1.807, 2.05) is 20.8 Å². The van der Waals surface area contributed by atoms with Crippen molar-refractivity contribution in [2.45, 2.75) is 53.0 Å². The second kappa shape index (κ2) is 6.51. The van der Waals surface area contributed by atoms with Crippen LogP contribution in [0.4, 0.5) is 0 Å². The van der Waals surface area contributed by atoms with Gasteiger partial charge in [0, 0.05) is 12.6 Å². The average molecular weight is 303 g/mol. The lowest BCUT2D eigenvalue weighted by atomic mass is 9.92. The van der Waals surface area contributed by atoms with Gasteiger partial charge in [0.25, 0.3) is 0 Å². The van der Waals surface area contributed by atoms with Gasteiger partial charge in [-0.3, -0.25) is 9.59 Å². The van der Waals surface area contributed by atoms with Crippen molar-refractivity contribution in [2.24, 2.45) is 5.92 Å². The van der Waals surface area contributed by atoms with Crippen LogP contribution in [-0.2, 0) is 16.0 Å². The fourth-order valence-electron chi connectivity index (χ4n) is 3.40. The Labute approximate surface area is 132 Å². The largest absolute Gasteiger partial charge is 0.481 e. The molecule has 1 aromatic carbocycles. The van der Waals surface area contributed by atoms with Gasteiger partial charge in [0.05, 0.1) is 12.3 Å². The van der Waals surface area contributed by atoms with Gasteiger partial charge in [-0.2, -0.15) is 0 Å². The molecule has 1 aromatic rings. The van der Waals surface area contributed by atoms with E-state index in [0.29, 0.717) is 19.4 Å². The van der Waals surface area contributed by atoms with Crippen molar-refractivity contribution in [3.63, 3.8) is 0 Å². The molecule has 4 nitrogen and oxygen atoms in total. The summed E-state index contributed by atoms with van der Waals surface area (Å²) < 4.78 is 0. The lowest BCUT2D eigenvalue weighted by Gasteiger charge is -2.36. The van der Waals surface area contributed by atoms with Crippen molar-refractivity contribution < 1.29 is 14.7 Å². The van der Waals surface area contributed by atoms with Gasteiger partial charge in [0.2, 0.25) is 5.91 Å². The number of carboxylic acids is 1. The molecule has 0 bridgehead atoms. The number of rotatable bonds is 3. The number of carbonyl (C=O) groups is 2. The van der Waals surface area contributed by atoms with E-state index < -0.39 is 11.9 Å². The van der Waals surface area contributed by atoms with Gasteiger partial charge in [-0.15, -0.1) is 0 Å². The summed E-state index contributed by atoms with van der Waals surface area (Å²) in [6.07, 6.45) is 1.77. The molecule has 0 saturated carbocycles. The normalized spacial score (nSPS) is 21.7. The fraction of sp³-hybridized carbons (Fsp3) is 0.556. The predicted octanol–water partition coefficient (Wildman–Crippen LogP) is 2.87. The maximum atomic E-state index is 12.7. The first-order valence-corrected chi connectivity index (χ1v) is 7.88. The third kappa shape index (κ3) is 3.49. The van der Waals surface area contributed by atoms with Gasteiger partial charge < -0.3 is 10.0 Å². The van der Waals surface area contributed by atoms with Crippen LogP contribution in [0.1, 0.15) is 42.0 Å². The summed E-state index contributed by atoms with van der Waals surface area (Å²) in [5.74, 6) is -1.19. The van der Waals surface area contributed by atoms with Crippen LogP contribution in [0.15, 0.2) is 12.1 Å². The number of hydrogen-bond donors (Lipinski definition) is 1. The van der Waals surface area contributed by atoms with E-state index in [1.54, 1.807) is 4.90 Å². The highest BCUT2D eigenvalue weighted by Gasteiger charge is 2.32. The van der Waals surface area contributed by atoms with Gasteiger partial charge in [0.1, 0.15) is 0 Å². The minimum Gasteiger partial charge on any atom is -0.481 e. The predicted molar refractivity (Wildman–Crippen MR) is 85.9 cm³/mol. The van der Waals surface area contributed by atoms with E-state index in [2.05, 4.69) is 19.1 Å². The Balaban J connectivity index is 2.16. The number of benzene rings is 1. The monoisotopic (exact) mass is 303 g/mol. The van der Waals surface area contributed by atoms with Crippen molar-refractivity contribution in [2.75, 3.05) is 6.54 Å². The number of nitrogens with zero attached hydrogens (tertiary/aromatic N) is 1. The maximum absolute atomic E-state index is 12.7. The first-order valence-electron chi connectivity index (χ1n) is 7.88. The molecule has 4 heteroatoms. The highest BCUT2D eigenvalue weighted by Crippen LogP contribution is 2.24. The third-order valence-corrected chi connectivity index (χ3v) is 4.72. The number of carboxylic acid groups (broad SMARTS) is 1. The molecule has 120 valence electrons. The van der Waals surface area contributed by atoms with Crippen LogP contribution in [0.5, 0.6) is 0 Å². The standard InChI is InChI=1S/C18H25NO3/c1-11-7-12(2)16(13(3)8-11)9-17(20)19-10-15(18(21)22)6-5-14(19)4/h7-8,14-15H,5-6,9-10H2,1-4H3,(H,21,22). The molecule has 1 aliphatic heterocycles. The fourth-order valence-corrected chi connectivity index (χ4v) is 3.40. The number of piperidine rings is 1. The van der Waals surface area contributed by atoms with Gasteiger partial charge in [-0.1, -0.05) is 17.7 Å². The number of carbonyl (C=O) groups excluding carboxylic acids is 1. The molecule has 0 spiro atoms. The van der Waals surface area contributed by atoms with Crippen LogP contribution in [0, 0.1) is 26.7 Å². The minimum atomic E-state index is -0.799. The molecule has 1 heterocycles. The lowest BCUT2D eigenvalue weighted by molar-refractivity contribution is -0.147. The summed E-state index contributed by atoms with van der Waals surface area (Å²) in [6, 6.07) is 4.30. The quantitative estimate of drug-likeness (QED) is 0.934. The molecule has 1 saturated heterocycles. The molecule has 1 N–H and O–H groups in total. The zero-order valence-electron chi connectivity index (χ0n) is 13.8. The molecule has 0 aromatic heterocycles. The summed E-state index contributed by atoms with van der Waals surface area (Å²) >= 11 is 0. The second-order valence-electron chi connectivity index (χ2n) is 6.56. The molecule has 2 unspecified atom stereocenters. The van der Waals surface area contributed by atoms with Crippen LogP contribution >= 0.6 is 0 Å². The van der Waals surface area contributed by atoms with E-state index in [9.17, 15) is 14.7 Å². The number of amides is 1. The Morgan fingerprint density at radius 1 is 1.18 bits per heavy atom. The zero-order valence-corrected chi connectivity index (χ0v) is 13.8. The van der Waals surface area contributed by atoms with Gasteiger partial charge in [0.15, 0.2) is 0 Å². The molecular formula is C18H25NO3. The molecule has 0 radical (unpaired) electrons. The molecule has 1 aliphatic rings. The number of hydrogen-bond acceptors (Lipinski definition) is 2. The Hall–Kier alpha value is -1.84. The molecular weight excluding hydrogens is 278 g/mol. The molecule has 2 rings (SSSR count). The van der Waals surface area contributed by atoms with Gasteiger partial charge in [-0.25, -0.2) is 0 Å². The topological polar surface area (TPSA) is 57.6 Å². The Bertz CT molecular complexity index is 571. The van der Waals surface area contributed by atoms with Crippen molar-refractivity contribution in [1.29, 1.82) is 0 Å². The molecule has 1 amide bonds. The SMILES string of the molecule is Cc1cc(C)c(CC(=O)N2CC(C(=O)O)CCC2C)c(C)c1.